The average Bonchev–Trinajstić information content (AvgIpc) is 3.35. The molecule has 0 aliphatic heterocycles. The van der Waals surface area contributed by atoms with Crippen molar-refractivity contribution in [3.05, 3.63) is 63.3 Å². The number of aromatic amines is 1. The van der Waals surface area contributed by atoms with E-state index in [1.807, 2.05) is 0 Å². The molecule has 0 radical (unpaired) electrons. The molecule has 10 nitrogen and oxygen atoms in total. The minimum Gasteiger partial charge on any atom is -0.478 e. The summed E-state index contributed by atoms with van der Waals surface area (Å²) in [5.74, 6) is -1.75. The summed E-state index contributed by atoms with van der Waals surface area (Å²) in [6.45, 7) is 1.67. The number of aromatic nitrogens is 6. The van der Waals surface area contributed by atoms with Gasteiger partial charge in [-0.3, -0.25) is 14.5 Å². The zero-order valence-electron chi connectivity index (χ0n) is 16.5. The lowest BCUT2D eigenvalue weighted by Crippen LogP contribution is -2.19. The molecule has 0 saturated heterocycles. The molecule has 33 heavy (non-hydrogen) atoms. The summed E-state index contributed by atoms with van der Waals surface area (Å²) < 4.78 is 43.6. The number of nitrogens with zero attached hydrogens (tertiary/aromatic N) is 5. The molecule has 4 rings (SSSR count). The first kappa shape index (κ1) is 24.1. The van der Waals surface area contributed by atoms with Crippen LogP contribution in [0.25, 0.3) is 17.0 Å². The standard InChI is InChI=1S/C18H12ClF3N6O4.H2S/c1-8(9-2-3-13(11(19)4-9)32-18(20,21)22)28-14-12(6-24-28)25-17(26-15(14)29)27-7-10(5-23-27)16(30)31;/h2-8H,1H3,(H,30,31)(H,25,26,29);1H2/t8-;/m0./s1. The quantitative estimate of drug-likeness (QED) is 0.428. The van der Waals surface area contributed by atoms with E-state index in [4.69, 9.17) is 16.7 Å². The third-order valence-corrected chi connectivity index (χ3v) is 4.82. The molecule has 174 valence electrons. The SMILES string of the molecule is C[C@@H](c1ccc(OC(F)(F)F)c(Cl)c1)n1ncc2nc(-n3cc(C(=O)O)cn3)[nH]c(=O)c21.S. The van der Waals surface area contributed by atoms with Crippen molar-refractivity contribution in [1.29, 1.82) is 0 Å². The number of hydrogen-bond acceptors (Lipinski definition) is 6. The molecule has 0 fully saturated rings. The highest BCUT2D eigenvalue weighted by Gasteiger charge is 2.32. The van der Waals surface area contributed by atoms with Crippen LogP contribution in [0.2, 0.25) is 5.02 Å². The predicted octanol–water partition coefficient (Wildman–Crippen LogP) is 3.28. The number of benzene rings is 1. The van der Waals surface area contributed by atoms with E-state index in [0.717, 1.165) is 16.9 Å². The molecule has 3 heterocycles. The Morgan fingerprint density at radius 3 is 2.61 bits per heavy atom. The fourth-order valence-corrected chi connectivity index (χ4v) is 3.26. The van der Waals surface area contributed by atoms with Gasteiger partial charge in [0.1, 0.15) is 11.3 Å². The number of H-pyrrole nitrogens is 1. The second-order valence-electron chi connectivity index (χ2n) is 6.60. The van der Waals surface area contributed by atoms with E-state index in [1.54, 1.807) is 6.92 Å². The van der Waals surface area contributed by atoms with Crippen molar-refractivity contribution in [2.24, 2.45) is 0 Å². The summed E-state index contributed by atoms with van der Waals surface area (Å²) in [7, 11) is 0. The first-order valence-electron chi connectivity index (χ1n) is 8.84. The minimum absolute atomic E-state index is 0. The number of carboxylic acid groups (broad SMARTS) is 1. The van der Waals surface area contributed by atoms with Crippen molar-refractivity contribution < 1.29 is 27.8 Å². The van der Waals surface area contributed by atoms with Crippen LogP contribution in [-0.2, 0) is 0 Å². The van der Waals surface area contributed by atoms with Crippen molar-refractivity contribution >= 4 is 42.1 Å². The second-order valence-corrected chi connectivity index (χ2v) is 7.01. The molecular formula is C18H14ClF3N6O4S. The molecule has 0 unspecified atom stereocenters. The van der Waals surface area contributed by atoms with Crippen LogP contribution in [-0.4, -0.2) is 47.0 Å². The highest BCUT2D eigenvalue weighted by molar-refractivity contribution is 7.59. The zero-order chi connectivity index (χ0) is 23.2. The van der Waals surface area contributed by atoms with Gasteiger partial charge in [-0.15, -0.1) is 13.2 Å². The Balaban J connectivity index is 0.00000306. The van der Waals surface area contributed by atoms with Gasteiger partial charge in [-0.1, -0.05) is 17.7 Å². The van der Waals surface area contributed by atoms with Gasteiger partial charge >= 0.3 is 12.3 Å². The van der Waals surface area contributed by atoms with Gasteiger partial charge in [0.15, 0.2) is 5.52 Å². The van der Waals surface area contributed by atoms with Gasteiger partial charge in [0.25, 0.3) is 5.56 Å². The van der Waals surface area contributed by atoms with E-state index in [-0.39, 0.29) is 41.1 Å². The average molecular weight is 503 g/mol. The minimum atomic E-state index is -4.88. The van der Waals surface area contributed by atoms with Crippen LogP contribution in [0, 0.1) is 0 Å². The largest absolute Gasteiger partial charge is 0.573 e. The molecule has 0 spiro atoms. The molecule has 1 atom stereocenters. The summed E-state index contributed by atoms with van der Waals surface area (Å²) in [4.78, 5) is 30.5. The Labute approximate surface area is 194 Å². The molecule has 0 saturated carbocycles. The number of fused-ring (bicyclic) bond motifs is 1. The Kier molecular flexibility index (Phi) is 6.42. The maximum absolute atomic E-state index is 12.7. The molecular weight excluding hydrogens is 489 g/mol. The molecule has 4 aromatic rings. The highest BCUT2D eigenvalue weighted by atomic mass is 35.5. The molecule has 0 aliphatic rings. The van der Waals surface area contributed by atoms with E-state index in [0.29, 0.717) is 5.56 Å². The van der Waals surface area contributed by atoms with Crippen LogP contribution >= 0.6 is 25.1 Å². The number of carbonyl (C=O) groups is 1. The van der Waals surface area contributed by atoms with Crippen LogP contribution in [0.1, 0.15) is 28.9 Å². The van der Waals surface area contributed by atoms with Crippen LogP contribution in [0.4, 0.5) is 13.2 Å². The van der Waals surface area contributed by atoms with Crippen LogP contribution < -0.4 is 10.3 Å². The first-order chi connectivity index (χ1) is 15.0. The highest BCUT2D eigenvalue weighted by Crippen LogP contribution is 2.33. The van der Waals surface area contributed by atoms with Crippen LogP contribution in [0.5, 0.6) is 5.75 Å². The molecule has 15 heteroatoms. The topological polar surface area (TPSA) is 128 Å². The summed E-state index contributed by atoms with van der Waals surface area (Å²) in [6, 6.07) is 3.14. The Morgan fingerprint density at radius 2 is 2.00 bits per heavy atom. The normalized spacial score (nSPS) is 12.4. The van der Waals surface area contributed by atoms with Gasteiger partial charge in [0.05, 0.1) is 29.0 Å². The van der Waals surface area contributed by atoms with Gasteiger partial charge in [-0.05, 0) is 24.6 Å². The van der Waals surface area contributed by atoms with E-state index in [2.05, 4.69) is 24.9 Å². The van der Waals surface area contributed by atoms with E-state index in [9.17, 15) is 22.8 Å². The van der Waals surface area contributed by atoms with Crippen molar-refractivity contribution in [2.75, 3.05) is 0 Å². The Bertz CT molecular complexity index is 1400. The van der Waals surface area contributed by atoms with Crippen molar-refractivity contribution in [1.82, 2.24) is 29.5 Å². The van der Waals surface area contributed by atoms with Gasteiger partial charge in [-0.25, -0.2) is 14.5 Å². The number of aromatic carboxylic acids is 1. The molecule has 0 bridgehead atoms. The molecule has 2 N–H and O–H groups in total. The number of ether oxygens (including phenoxy) is 1. The maximum atomic E-state index is 12.7. The number of hydrogen-bond donors (Lipinski definition) is 2. The number of rotatable bonds is 5. The number of halogens is 4. The zero-order valence-corrected chi connectivity index (χ0v) is 18.2. The lowest BCUT2D eigenvalue weighted by Gasteiger charge is -2.16. The van der Waals surface area contributed by atoms with E-state index in [1.165, 1.54) is 29.2 Å². The van der Waals surface area contributed by atoms with Crippen LogP contribution in [0.3, 0.4) is 0 Å². The van der Waals surface area contributed by atoms with E-state index >= 15 is 0 Å². The molecule has 3 aromatic heterocycles. The maximum Gasteiger partial charge on any atom is 0.573 e. The number of nitrogens with one attached hydrogen (secondary N) is 1. The van der Waals surface area contributed by atoms with Gasteiger partial charge in [0, 0.05) is 6.20 Å². The van der Waals surface area contributed by atoms with Gasteiger partial charge < -0.3 is 9.84 Å². The lowest BCUT2D eigenvalue weighted by molar-refractivity contribution is -0.274. The Morgan fingerprint density at radius 1 is 1.27 bits per heavy atom. The molecule has 0 aliphatic carbocycles. The van der Waals surface area contributed by atoms with Crippen molar-refractivity contribution in [2.45, 2.75) is 19.3 Å². The smallest absolute Gasteiger partial charge is 0.478 e. The van der Waals surface area contributed by atoms with Crippen molar-refractivity contribution in [3.8, 4) is 11.7 Å². The monoisotopic (exact) mass is 502 g/mol. The van der Waals surface area contributed by atoms with Crippen LogP contribution in [0.15, 0.2) is 41.6 Å². The molecule has 0 amide bonds. The number of alkyl halides is 3. The second kappa shape index (κ2) is 8.78. The van der Waals surface area contributed by atoms with E-state index < -0.39 is 29.7 Å². The predicted molar refractivity (Wildman–Crippen MR) is 115 cm³/mol. The first-order valence-corrected chi connectivity index (χ1v) is 9.22. The fourth-order valence-electron chi connectivity index (χ4n) is 3.03. The summed E-state index contributed by atoms with van der Waals surface area (Å²) in [5.41, 5.74) is 0.0950. The van der Waals surface area contributed by atoms with Crippen molar-refractivity contribution in [3.63, 3.8) is 0 Å². The fraction of sp³-hybridized carbons (Fsp3) is 0.167. The molecule has 1 aromatic carbocycles. The third-order valence-electron chi connectivity index (χ3n) is 4.52. The summed E-state index contributed by atoms with van der Waals surface area (Å²) in [5, 5.41) is 16.8. The Hall–Kier alpha value is -3.52. The third kappa shape index (κ3) is 4.80. The summed E-state index contributed by atoms with van der Waals surface area (Å²) >= 11 is 5.92. The summed E-state index contributed by atoms with van der Waals surface area (Å²) in [6.07, 6.45) is -1.26. The van der Waals surface area contributed by atoms with Gasteiger partial charge in [0.2, 0.25) is 5.95 Å². The van der Waals surface area contributed by atoms with Gasteiger partial charge in [-0.2, -0.15) is 23.7 Å². The number of carboxylic acids is 1. The lowest BCUT2D eigenvalue weighted by atomic mass is 10.1.